The third kappa shape index (κ3) is 4.16. The zero-order valence-electron chi connectivity index (χ0n) is 13.6. The zero-order valence-corrected chi connectivity index (χ0v) is 14.4. The molecule has 1 aliphatic rings. The Morgan fingerprint density at radius 3 is 2.91 bits per heavy atom. The predicted molar refractivity (Wildman–Crippen MR) is 92.6 cm³/mol. The number of nitrogens with zero attached hydrogens (tertiary/aromatic N) is 3. The van der Waals surface area contributed by atoms with Crippen LogP contribution in [0, 0.1) is 0 Å². The number of hydrogen-bond donors (Lipinski definition) is 0. The molecule has 1 amide bonds. The molecule has 3 rings (SSSR count). The van der Waals surface area contributed by atoms with Gasteiger partial charge in [0.15, 0.2) is 0 Å². The number of aromatic nitrogens is 2. The molecule has 1 saturated heterocycles. The minimum atomic E-state index is 0.284. The van der Waals surface area contributed by atoms with E-state index >= 15 is 0 Å². The Morgan fingerprint density at radius 2 is 2.13 bits per heavy atom. The lowest BCUT2D eigenvalue weighted by Gasteiger charge is -2.31. The third-order valence-electron chi connectivity index (χ3n) is 4.27. The maximum absolute atomic E-state index is 12.1. The predicted octanol–water partition coefficient (Wildman–Crippen LogP) is 3.64. The summed E-state index contributed by atoms with van der Waals surface area (Å²) >= 11 is 1.70. The summed E-state index contributed by atoms with van der Waals surface area (Å²) < 4.78 is 0. The van der Waals surface area contributed by atoms with Crippen LogP contribution in [0.1, 0.15) is 54.1 Å². The number of rotatable bonds is 5. The minimum absolute atomic E-state index is 0.284. The van der Waals surface area contributed by atoms with Crippen molar-refractivity contribution in [3.05, 3.63) is 45.9 Å². The second-order valence-corrected chi connectivity index (χ2v) is 7.22. The highest BCUT2D eigenvalue weighted by atomic mass is 32.1. The summed E-state index contributed by atoms with van der Waals surface area (Å²) in [6.45, 7) is 3.75. The Labute approximate surface area is 141 Å². The van der Waals surface area contributed by atoms with E-state index in [1.807, 2.05) is 11.0 Å². The minimum Gasteiger partial charge on any atom is -0.342 e. The van der Waals surface area contributed by atoms with Gasteiger partial charge in [-0.3, -0.25) is 4.79 Å². The fourth-order valence-corrected chi connectivity index (χ4v) is 4.05. The first-order valence-electron chi connectivity index (χ1n) is 8.40. The summed E-state index contributed by atoms with van der Waals surface area (Å²) in [5.74, 6) is 0.637. The number of likely N-dealkylation sites (tertiary alicyclic amines) is 1. The number of benzene rings is 1. The second kappa shape index (κ2) is 7.68. The summed E-state index contributed by atoms with van der Waals surface area (Å²) in [5, 5.41) is 10.9. The van der Waals surface area contributed by atoms with Crippen molar-refractivity contribution >= 4 is 17.2 Å². The average Bonchev–Trinajstić information content (AvgIpc) is 3.05. The summed E-state index contributed by atoms with van der Waals surface area (Å²) in [5.41, 5.74) is 1.26. The topological polar surface area (TPSA) is 46.1 Å². The van der Waals surface area contributed by atoms with Gasteiger partial charge in [0.2, 0.25) is 5.91 Å². The number of amides is 1. The van der Waals surface area contributed by atoms with Crippen LogP contribution in [0.2, 0.25) is 0 Å². The molecule has 1 aromatic carbocycles. The number of hydrogen-bond acceptors (Lipinski definition) is 4. The van der Waals surface area contributed by atoms with E-state index in [2.05, 4.69) is 41.4 Å². The van der Waals surface area contributed by atoms with Crippen molar-refractivity contribution in [2.45, 2.75) is 44.9 Å². The Hall–Kier alpha value is -1.75. The molecule has 0 N–H and O–H groups in total. The van der Waals surface area contributed by atoms with E-state index in [0.717, 1.165) is 48.8 Å². The molecule has 1 unspecified atom stereocenters. The fraction of sp³-hybridized carbons (Fsp3) is 0.500. The van der Waals surface area contributed by atoms with Crippen molar-refractivity contribution in [1.29, 1.82) is 0 Å². The van der Waals surface area contributed by atoms with E-state index in [1.54, 1.807) is 11.3 Å². The summed E-state index contributed by atoms with van der Waals surface area (Å²) in [7, 11) is 0. The van der Waals surface area contributed by atoms with Crippen LogP contribution in [0.25, 0.3) is 0 Å². The van der Waals surface area contributed by atoms with E-state index in [-0.39, 0.29) is 5.91 Å². The summed E-state index contributed by atoms with van der Waals surface area (Å²) in [4.78, 5) is 14.1. The van der Waals surface area contributed by atoms with Crippen molar-refractivity contribution in [3.8, 4) is 0 Å². The average molecular weight is 329 g/mol. The van der Waals surface area contributed by atoms with E-state index in [9.17, 15) is 4.79 Å². The Bertz CT molecular complexity index is 641. The molecule has 1 aliphatic heterocycles. The molecule has 1 atom stereocenters. The van der Waals surface area contributed by atoms with Gasteiger partial charge in [-0.1, -0.05) is 37.3 Å². The Kier molecular flexibility index (Phi) is 5.39. The van der Waals surface area contributed by atoms with Gasteiger partial charge in [-0.2, -0.15) is 0 Å². The van der Waals surface area contributed by atoms with E-state index in [0.29, 0.717) is 12.3 Å². The highest BCUT2D eigenvalue weighted by Crippen LogP contribution is 2.30. The van der Waals surface area contributed by atoms with Crippen molar-refractivity contribution < 1.29 is 4.79 Å². The molecule has 5 heteroatoms. The van der Waals surface area contributed by atoms with Crippen LogP contribution in [-0.4, -0.2) is 34.1 Å². The standard InChI is InChI=1S/C18H23N3OS/c1-2-7-17(22)21-11-6-10-15(13-21)18-20-19-16(23-18)12-14-8-4-3-5-9-14/h3-5,8-9,15H,2,6-7,10-13H2,1H3. The first kappa shape index (κ1) is 16.1. The van der Waals surface area contributed by atoms with E-state index < -0.39 is 0 Å². The van der Waals surface area contributed by atoms with Crippen LogP contribution in [-0.2, 0) is 11.2 Å². The maximum Gasteiger partial charge on any atom is 0.222 e. The van der Waals surface area contributed by atoms with Gasteiger partial charge in [-0.25, -0.2) is 0 Å². The van der Waals surface area contributed by atoms with Crippen LogP contribution in [0.15, 0.2) is 30.3 Å². The van der Waals surface area contributed by atoms with Gasteiger partial charge in [-0.05, 0) is 24.8 Å². The smallest absolute Gasteiger partial charge is 0.222 e. The lowest BCUT2D eigenvalue weighted by Crippen LogP contribution is -2.38. The highest BCUT2D eigenvalue weighted by molar-refractivity contribution is 7.11. The van der Waals surface area contributed by atoms with Crippen LogP contribution < -0.4 is 0 Å². The summed E-state index contributed by atoms with van der Waals surface area (Å²) in [6.07, 6.45) is 4.58. The van der Waals surface area contributed by atoms with Crippen molar-refractivity contribution in [2.75, 3.05) is 13.1 Å². The van der Waals surface area contributed by atoms with Crippen molar-refractivity contribution in [2.24, 2.45) is 0 Å². The fourth-order valence-electron chi connectivity index (χ4n) is 3.05. The Morgan fingerprint density at radius 1 is 1.30 bits per heavy atom. The van der Waals surface area contributed by atoms with Gasteiger partial charge in [0.05, 0.1) is 0 Å². The SMILES string of the molecule is CCCC(=O)N1CCCC(c2nnc(Cc3ccccc3)s2)C1. The van der Waals surface area contributed by atoms with Crippen LogP contribution >= 0.6 is 11.3 Å². The Balaban J connectivity index is 1.64. The molecule has 1 aromatic heterocycles. The molecular weight excluding hydrogens is 306 g/mol. The largest absolute Gasteiger partial charge is 0.342 e. The quantitative estimate of drug-likeness (QED) is 0.841. The molecule has 4 nitrogen and oxygen atoms in total. The van der Waals surface area contributed by atoms with Gasteiger partial charge >= 0.3 is 0 Å². The molecule has 2 heterocycles. The van der Waals surface area contributed by atoms with Gasteiger partial charge in [0.25, 0.3) is 0 Å². The molecular formula is C18H23N3OS. The molecule has 0 saturated carbocycles. The van der Waals surface area contributed by atoms with Crippen LogP contribution in [0.3, 0.4) is 0 Å². The molecule has 2 aromatic rings. The van der Waals surface area contributed by atoms with E-state index in [4.69, 9.17) is 0 Å². The molecule has 1 fully saturated rings. The lowest BCUT2D eigenvalue weighted by atomic mass is 9.98. The lowest BCUT2D eigenvalue weighted by molar-refractivity contribution is -0.132. The van der Waals surface area contributed by atoms with Gasteiger partial charge in [-0.15, -0.1) is 21.5 Å². The number of carbonyl (C=O) groups is 1. The van der Waals surface area contributed by atoms with Gasteiger partial charge < -0.3 is 4.90 Å². The highest BCUT2D eigenvalue weighted by Gasteiger charge is 2.26. The second-order valence-electron chi connectivity index (χ2n) is 6.13. The first-order valence-corrected chi connectivity index (χ1v) is 9.22. The molecule has 0 spiro atoms. The van der Waals surface area contributed by atoms with E-state index in [1.165, 1.54) is 5.56 Å². The number of carbonyl (C=O) groups excluding carboxylic acids is 1. The van der Waals surface area contributed by atoms with Crippen molar-refractivity contribution in [3.63, 3.8) is 0 Å². The third-order valence-corrected chi connectivity index (χ3v) is 5.35. The first-order chi connectivity index (χ1) is 11.3. The van der Waals surface area contributed by atoms with Gasteiger partial charge in [0, 0.05) is 31.8 Å². The number of piperidine rings is 1. The van der Waals surface area contributed by atoms with Gasteiger partial charge in [0.1, 0.15) is 10.0 Å². The van der Waals surface area contributed by atoms with Crippen molar-refractivity contribution in [1.82, 2.24) is 15.1 Å². The maximum atomic E-state index is 12.1. The molecule has 0 aliphatic carbocycles. The zero-order chi connectivity index (χ0) is 16.1. The van der Waals surface area contributed by atoms with Crippen LogP contribution in [0.4, 0.5) is 0 Å². The monoisotopic (exact) mass is 329 g/mol. The molecule has 0 radical (unpaired) electrons. The normalized spacial score (nSPS) is 18.1. The van der Waals surface area contributed by atoms with Crippen LogP contribution in [0.5, 0.6) is 0 Å². The molecule has 23 heavy (non-hydrogen) atoms. The summed E-state index contributed by atoms with van der Waals surface area (Å²) in [6, 6.07) is 10.4. The molecule has 122 valence electrons. The molecule has 0 bridgehead atoms.